The lowest BCUT2D eigenvalue weighted by Gasteiger charge is -2.13. The van der Waals surface area contributed by atoms with E-state index < -0.39 is 9.84 Å². The third-order valence-corrected chi connectivity index (χ3v) is 3.49. The van der Waals surface area contributed by atoms with Gasteiger partial charge in [0.15, 0.2) is 0 Å². The van der Waals surface area contributed by atoms with Gasteiger partial charge in [0.05, 0.1) is 11.8 Å². The Morgan fingerprint density at radius 1 is 1.44 bits per heavy atom. The molecule has 6 heteroatoms. The molecule has 5 nitrogen and oxygen atoms in total. The lowest BCUT2D eigenvalue weighted by Crippen LogP contribution is -2.43. The van der Waals surface area contributed by atoms with Crippen LogP contribution in [0.4, 0.5) is 0 Å². The van der Waals surface area contributed by atoms with E-state index in [4.69, 9.17) is 0 Å². The van der Waals surface area contributed by atoms with Crippen molar-refractivity contribution in [1.82, 2.24) is 10.6 Å². The number of hydrogen-bond donors (Lipinski definition) is 2. The summed E-state index contributed by atoms with van der Waals surface area (Å²) in [6.07, 6.45) is 3.91. The predicted octanol–water partition coefficient (Wildman–Crippen LogP) is -0.322. The monoisotopic (exact) mass is 248 g/mol. The van der Waals surface area contributed by atoms with Crippen LogP contribution >= 0.6 is 0 Å². The topological polar surface area (TPSA) is 75.3 Å². The number of amides is 1. The molecule has 1 saturated carbocycles. The minimum Gasteiger partial charge on any atom is -0.352 e. The van der Waals surface area contributed by atoms with Gasteiger partial charge >= 0.3 is 0 Å². The van der Waals surface area contributed by atoms with Crippen LogP contribution in [0.15, 0.2) is 0 Å². The normalized spacial score (nSPS) is 18.1. The van der Waals surface area contributed by atoms with Crippen LogP contribution in [0.2, 0.25) is 0 Å². The lowest BCUT2D eigenvalue weighted by atomic mass is 10.3. The van der Waals surface area contributed by atoms with E-state index in [0.717, 1.165) is 12.8 Å². The summed E-state index contributed by atoms with van der Waals surface area (Å²) < 4.78 is 21.7. The SMILES string of the molecule is CC(NCCCS(C)(=O)=O)C(=O)NC1CC1. The van der Waals surface area contributed by atoms with Gasteiger partial charge in [-0.05, 0) is 32.7 Å². The Kier molecular flexibility index (Phi) is 4.73. The highest BCUT2D eigenvalue weighted by Crippen LogP contribution is 2.18. The summed E-state index contributed by atoms with van der Waals surface area (Å²) in [5.41, 5.74) is 0. The average Bonchev–Trinajstić information content (AvgIpc) is 2.94. The maximum Gasteiger partial charge on any atom is 0.237 e. The van der Waals surface area contributed by atoms with Crippen molar-refractivity contribution in [2.45, 2.75) is 38.3 Å². The van der Waals surface area contributed by atoms with E-state index in [0.29, 0.717) is 19.0 Å². The van der Waals surface area contributed by atoms with Crippen molar-refractivity contribution in [3.8, 4) is 0 Å². The highest BCUT2D eigenvalue weighted by Gasteiger charge is 2.25. The molecule has 0 heterocycles. The van der Waals surface area contributed by atoms with E-state index in [-0.39, 0.29) is 17.7 Å². The van der Waals surface area contributed by atoms with E-state index in [1.54, 1.807) is 6.92 Å². The fraction of sp³-hybridized carbons (Fsp3) is 0.900. The van der Waals surface area contributed by atoms with Crippen LogP contribution in [0.5, 0.6) is 0 Å². The van der Waals surface area contributed by atoms with Crippen LogP contribution in [-0.2, 0) is 14.6 Å². The summed E-state index contributed by atoms with van der Waals surface area (Å²) in [5, 5.41) is 5.90. The molecule has 94 valence electrons. The van der Waals surface area contributed by atoms with Crippen LogP contribution in [-0.4, -0.2) is 45.0 Å². The third kappa shape index (κ3) is 6.07. The maximum atomic E-state index is 11.5. The smallest absolute Gasteiger partial charge is 0.237 e. The van der Waals surface area contributed by atoms with Gasteiger partial charge in [0.25, 0.3) is 0 Å². The molecule has 0 saturated heterocycles. The van der Waals surface area contributed by atoms with Crippen molar-refractivity contribution in [3.05, 3.63) is 0 Å². The molecule has 0 aromatic rings. The standard InChI is InChI=1S/C10H20N2O3S/c1-8(10(13)12-9-4-5-9)11-6-3-7-16(2,14)15/h8-9,11H,3-7H2,1-2H3,(H,12,13). The van der Waals surface area contributed by atoms with Gasteiger partial charge in [0.2, 0.25) is 5.91 Å². The van der Waals surface area contributed by atoms with E-state index >= 15 is 0 Å². The Balaban J connectivity index is 2.09. The summed E-state index contributed by atoms with van der Waals surface area (Å²) in [5.74, 6) is 0.165. The van der Waals surface area contributed by atoms with E-state index in [1.165, 1.54) is 6.26 Å². The number of hydrogen-bond acceptors (Lipinski definition) is 4. The Labute approximate surface area is 96.9 Å². The zero-order chi connectivity index (χ0) is 12.2. The first kappa shape index (κ1) is 13.4. The fourth-order valence-corrected chi connectivity index (χ4v) is 1.97. The molecule has 16 heavy (non-hydrogen) atoms. The molecule has 0 aromatic heterocycles. The van der Waals surface area contributed by atoms with Crippen molar-refractivity contribution in [2.75, 3.05) is 18.6 Å². The van der Waals surface area contributed by atoms with Crippen molar-refractivity contribution >= 4 is 15.7 Å². The van der Waals surface area contributed by atoms with Crippen LogP contribution in [0.1, 0.15) is 26.2 Å². The number of carbonyl (C=O) groups is 1. The molecule has 0 spiro atoms. The lowest BCUT2D eigenvalue weighted by molar-refractivity contribution is -0.122. The predicted molar refractivity (Wildman–Crippen MR) is 63.0 cm³/mol. The summed E-state index contributed by atoms with van der Waals surface area (Å²) in [7, 11) is -2.89. The summed E-state index contributed by atoms with van der Waals surface area (Å²) in [6.45, 7) is 2.34. The molecule has 1 aliphatic carbocycles. The fourth-order valence-electron chi connectivity index (χ4n) is 1.30. The molecular weight excluding hydrogens is 228 g/mol. The van der Waals surface area contributed by atoms with E-state index in [9.17, 15) is 13.2 Å². The van der Waals surface area contributed by atoms with Gasteiger partial charge < -0.3 is 10.6 Å². The third-order valence-electron chi connectivity index (χ3n) is 2.46. The first-order valence-corrected chi connectivity index (χ1v) is 7.66. The molecule has 2 N–H and O–H groups in total. The second kappa shape index (κ2) is 5.63. The molecule has 0 aromatic carbocycles. The Bertz CT molecular complexity index is 336. The number of carbonyl (C=O) groups excluding carboxylic acids is 1. The second-order valence-corrected chi connectivity index (χ2v) is 6.70. The second-order valence-electron chi connectivity index (χ2n) is 4.44. The van der Waals surface area contributed by atoms with Gasteiger partial charge in [-0.3, -0.25) is 4.79 Å². The van der Waals surface area contributed by atoms with Gasteiger partial charge in [0.1, 0.15) is 9.84 Å². The summed E-state index contributed by atoms with van der Waals surface area (Å²) in [4.78, 5) is 11.5. The molecule has 0 bridgehead atoms. The van der Waals surface area contributed by atoms with Crippen LogP contribution in [0.3, 0.4) is 0 Å². The molecule has 0 radical (unpaired) electrons. The summed E-state index contributed by atoms with van der Waals surface area (Å²) in [6, 6.07) is 0.118. The van der Waals surface area contributed by atoms with Gasteiger partial charge in [-0.1, -0.05) is 0 Å². The van der Waals surface area contributed by atoms with E-state index in [1.807, 2.05) is 0 Å². The highest BCUT2D eigenvalue weighted by atomic mass is 32.2. The minimum absolute atomic E-state index is 0.00172. The Hall–Kier alpha value is -0.620. The number of nitrogens with one attached hydrogen (secondary N) is 2. The first-order valence-electron chi connectivity index (χ1n) is 5.60. The highest BCUT2D eigenvalue weighted by molar-refractivity contribution is 7.90. The molecular formula is C10H20N2O3S. The number of sulfone groups is 1. The minimum atomic E-state index is -2.89. The van der Waals surface area contributed by atoms with Crippen LogP contribution in [0, 0.1) is 0 Å². The molecule has 0 aliphatic heterocycles. The molecule has 1 fully saturated rings. The van der Waals surface area contributed by atoms with Gasteiger partial charge in [0, 0.05) is 12.3 Å². The molecule has 1 atom stereocenters. The molecule has 1 amide bonds. The van der Waals surface area contributed by atoms with E-state index in [2.05, 4.69) is 10.6 Å². The van der Waals surface area contributed by atoms with Gasteiger partial charge in [-0.2, -0.15) is 0 Å². The van der Waals surface area contributed by atoms with Crippen LogP contribution in [0.25, 0.3) is 0 Å². The van der Waals surface area contributed by atoms with Crippen molar-refractivity contribution in [2.24, 2.45) is 0 Å². The van der Waals surface area contributed by atoms with Gasteiger partial charge in [-0.25, -0.2) is 8.42 Å². The zero-order valence-corrected chi connectivity index (χ0v) is 10.6. The van der Waals surface area contributed by atoms with Crippen molar-refractivity contribution in [1.29, 1.82) is 0 Å². The van der Waals surface area contributed by atoms with Crippen molar-refractivity contribution in [3.63, 3.8) is 0 Å². The van der Waals surface area contributed by atoms with Crippen LogP contribution < -0.4 is 10.6 Å². The first-order chi connectivity index (χ1) is 7.38. The Morgan fingerprint density at radius 2 is 2.06 bits per heavy atom. The maximum absolute atomic E-state index is 11.5. The zero-order valence-electron chi connectivity index (χ0n) is 9.82. The number of rotatable bonds is 7. The van der Waals surface area contributed by atoms with Gasteiger partial charge in [-0.15, -0.1) is 0 Å². The summed E-state index contributed by atoms with van der Waals surface area (Å²) >= 11 is 0. The average molecular weight is 248 g/mol. The molecule has 1 unspecified atom stereocenters. The quantitative estimate of drug-likeness (QED) is 0.605. The van der Waals surface area contributed by atoms with Crippen molar-refractivity contribution < 1.29 is 13.2 Å². The largest absolute Gasteiger partial charge is 0.352 e. The molecule has 1 aliphatic rings. The molecule has 1 rings (SSSR count). The Morgan fingerprint density at radius 3 is 2.56 bits per heavy atom.